The second-order valence-corrected chi connectivity index (χ2v) is 8.58. The molecular weight excluding hydrogens is 376 g/mol. The standard InChI is InChI=1S/C29H30N2/c1-7-18(3)14-22(8-2)26-16-20(5)30-28-24(26)12-13-25-27(17-21(6)31-29(25)28)23-11-9-10-19(4)15-23/h7-13,15-18H,1,14H2,2-6H3/b22-8+. The molecule has 0 radical (unpaired) electrons. The minimum Gasteiger partial charge on any atom is -0.251 e. The average molecular weight is 407 g/mol. The number of nitrogens with zero attached hydrogens (tertiary/aromatic N) is 2. The Labute approximate surface area is 185 Å². The minimum absolute atomic E-state index is 0.420. The van der Waals surface area contributed by atoms with Crippen LogP contribution in [0, 0.1) is 26.7 Å². The van der Waals surface area contributed by atoms with Crippen LogP contribution >= 0.6 is 0 Å². The molecule has 0 aliphatic carbocycles. The Morgan fingerprint density at radius 2 is 1.61 bits per heavy atom. The third kappa shape index (κ3) is 4.03. The van der Waals surface area contributed by atoms with Gasteiger partial charge in [0, 0.05) is 22.2 Å². The SMILES string of the molecule is C=CC(C)C/C(=C\C)c1cc(C)nc2c1ccc1c(-c3cccc(C)c3)cc(C)nc12. The lowest BCUT2D eigenvalue weighted by Crippen LogP contribution is -1.98. The van der Waals surface area contributed by atoms with Gasteiger partial charge in [0.05, 0.1) is 11.0 Å². The van der Waals surface area contributed by atoms with Crippen LogP contribution in [0.4, 0.5) is 0 Å². The predicted octanol–water partition coefficient (Wildman–Crippen LogP) is 7.99. The van der Waals surface area contributed by atoms with Crippen molar-refractivity contribution in [2.45, 2.75) is 41.0 Å². The summed E-state index contributed by atoms with van der Waals surface area (Å²) >= 11 is 0. The monoisotopic (exact) mass is 406 g/mol. The van der Waals surface area contributed by atoms with Crippen molar-refractivity contribution in [1.82, 2.24) is 9.97 Å². The first-order valence-electron chi connectivity index (χ1n) is 11.0. The summed E-state index contributed by atoms with van der Waals surface area (Å²) in [4.78, 5) is 9.92. The summed E-state index contributed by atoms with van der Waals surface area (Å²) in [5, 5.41) is 2.31. The maximum absolute atomic E-state index is 4.96. The molecule has 0 fully saturated rings. The molecule has 0 aliphatic rings. The number of benzene rings is 2. The Bertz CT molecular complexity index is 1330. The highest BCUT2D eigenvalue weighted by molar-refractivity contribution is 6.10. The van der Waals surface area contributed by atoms with Gasteiger partial charge in [0.15, 0.2) is 0 Å². The second kappa shape index (κ2) is 8.47. The molecule has 0 spiro atoms. The van der Waals surface area contributed by atoms with E-state index in [9.17, 15) is 0 Å². The minimum atomic E-state index is 0.420. The Hall–Kier alpha value is -3.26. The molecule has 31 heavy (non-hydrogen) atoms. The molecule has 2 aromatic carbocycles. The van der Waals surface area contributed by atoms with Gasteiger partial charge in [-0.2, -0.15) is 0 Å². The van der Waals surface area contributed by atoms with Crippen molar-refractivity contribution in [3.05, 3.63) is 89.8 Å². The van der Waals surface area contributed by atoms with E-state index in [-0.39, 0.29) is 0 Å². The van der Waals surface area contributed by atoms with Gasteiger partial charge in [-0.1, -0.05) is 61.0 Å². The quantitative estimate of drug-likeness (QED) is 0.248. The maximum atomic E-state index is 4.96. The zero-order valence-corrected chi connectivity index (χ0v) is 19.2. The molecule has 2 aromatic heterocycles. The largest absolute Gasteiger partial charge is 0.251 e. The molecule has 2 heteroatoms. The van der Waals surface area contributed by atoms with E-state index in [1.807, 2.05) is 6.08 Å². The van der Waals surface area contributed by atoms with E-state index >= 15 is 0 Å². The van der Waals surface area contributed by atoms with Crippen molar-refractivity contribution in [3.63, 3.8) is 0 Å². The summed E-state index contributed by atoms with van der Waals surface area (Å²) < 4.78 is 0. The van der Waals surface area contributed by atoms with Gasteiger partial charge >= 0.3 is 0 Å². The van der Waals surface area contributed by atoms with Crippen LogP contribution in [0.5, 0.6) is 0 Å². The topological polar surface area (TPSA) is 25.8 Å². The van der Waals surface area contributed by atoms with Gasteiger partial charge in [-0.05, 0) is 74.4 Å². The highest BCUT2D eigenvalue weighted by Gasteiger charge is 2.15. The Kier molecular flexibility index (Phi) is 5.73. The van der Waals surface area contributed by atoms with E-state index < -0.39 is 0 Å². The van der Waals surface area contributed by atoms with Crippen LogP contribution in [-0.2, 0) is 0 Å². The van der Waals surface area contributed by atoms with Crippen LogP contribution in [0.15, 0.2) is 67.3 Å². The van der Waals surface area contributed by atoms with Crippen molar-refractivity contribution in [2.24, 2.45) is 5.92 Å². The lowest BCUT2D eigenvalue weighted by atomic mass is 9.91. The highest BCUT2D eigenvalue weighted by Crippen LogP contribution is 2.36. The molecule has 4 rings (SSSR count). The van der Waals surface area contributed by atoms with Crippen molar-refractivity contribution < 1.29 is 0 Å². The summed E-state index contributed by atoms with van der Waals surface area (Å²) in [6, 6.07) is 17.5. The predicted molar refractivity (Wildman–Crippen MR) is 134 cm³/mol. The second-order valence-electron chi connectivity index (χ2n) is 8.58. The van der Waals surface area contributed by atoms with E-state index in [1.165, 1.54) is 27.8 Å². The lowest BCUT2D eigenvalue weighted by molar-refractivity contribution is 0.758. The van der Waals surface area contributed by atoms with Gasteiger partial charge in [0.2, 0.25) is 0 Å². The van der Waals surface area contributed by atoms with Gasteiger partial charge in [-0.15, -0.1) is 6.58 Å². The van der Waals surface area contributed by atoms with E-state index in [0.717, 1.165) is 39.6 Å². The van der Waals surface area contributed by atoms with Crippen LogP contribution in [0.3, 0.4) is 0 Å². The highest BCUT2D eigenvalue weighted by atomic mass is 14.8. The van der Waals surface area contributed by atoms with Crippen LogP contribution in [-0.4, -0.2) is 9.97 Å². The molecule has 0 aliphatic heterocycles. The fourth-order valence-electron chi connectivity index (χ4n) is 4.36. The molecule has 156 valence electrons. The van der Waals surface area contributed by atoms with Crippen molar-refractivity contribution in [1.29, 1.82) is 0 Å². The Balaban J connectivity index is 2.03. The smallest absolute Gasteiger partial charge is 0.0974 e. The first kappa shape index (κ1) is 21.0. The fourth-order valence-corrected chi connectivity index (χ4v) is 4.36. The fraction of sp³-hybridized carbons (Fsp3) is 0.241. The molecule has 4 aromatic rings. The average Bonchev–Trinajstić information content (AvgIpc) is 2.76. The zero-order chi connectivity index (χ0) is 22.1. The molecule has 0 N–H and O–H groups in total. The molecule has 0 saturated carbocycles. The summed E-state index contributed by atoms with van der Waals surface area (Å²) in [6.45, 7) is 14.6. The van der Waals surface area contributed by atoms with Gasteiger partial charge in [0.1, 0.15) is 0 Å². The molecule has 2 nitrogen and oxygen atoms in total. The number of aryl methyl sites for hydroxylation is 3. The molecule has 0 amide bonds. The van der Waals surface area contributed by atoms with E-state index in [4.69, 9.17) is 9.97 Å². The van der Waals surface area contributed by atoms with Crippen molar-refractivity contribution in [3.8, 4) is 11.1 Å². The molecule has 0 saturated heterocycles. The van der Waals surface area contributed by atoms with Crippen molar-refractivity contribution >= 4 is 27.4 Å². The van der Waals surface area contributed by atoms with Gasteiger partial charge in [-0.3, -0.25) is 9.97 Å². The van der Waals surface area contributed by atoms with E-state index in [1.54, 1.807) is 0 Å². The van der Waals surface area contributed by atoms with E-state index in [0.29, 0.717) is 5.92 Å². The molecule has 0 bridgehead atoms. The third-order valence-electron chi connectivity index (χ3n) is 5.98. The number of hydrogen-bond donors (Lipinski definition) is 0. The number of pyridine rings is 2. The zero-order valence-electron chi connectivity index (χ0n) is 19.2. The summed E-state index contributed by atoms with van der Waals surface area (Å²) in [7, 11) is 0. The van der Waals surface area contributed by atoms with Gasteiger partial charge in [-0.25, -0.2) is 0 Å². The maximum Gasteiger partial charge on any atom is 0.0974 e. The first-order chi connectivity index (χ1) is 14.9. The lowest BCUT2D eigenvalue weighted by Gasteiger charge is -2.16. The number of rotatable bonds is 5. The Morgan fingerprint density at radius 1 is 0.935 bits per heavy atom. The van der Waals surface area contributed by atoms with Gasteiger partial charge in [0.25, 0.3) is 0 Å². The number of aromatic nitrogens is 2. The van der Waals surface area contributed by atoms with Crippen molar-refractivity contribution in [2.75, 3.05) is 0 Å². The third-order valence-corrected chi connectivity index (χ3v) is 5.98. The van der Waals surface area contributed by atoms with Crippen LogP contribution < -0.4 is 0 Å². The molecule has 1 unspecified atom stereocenters. The number of fused-ring (bicyclic) bond motifs is 3. The van der Waals surface area contributed by atoms with Crippen LogP contribution in [0.25, 0.3) is 38.5 Å². The summed E-state index contributed by atoms with van der Waals surface area (Å²) in [5.41, 5.74) is 10.2. The molecular formula is C29H30N2. The van der Waals surface area contributed by atoms with Crippen LogP contribution in [0.2, 0.25) is 0 Å². The van der Waals surface area contributed by atoms with Crippen LogP contribution in [0.1, 0.15) is 42.8 Å². The number of allylic oxidation sites excluding steroid dienone is 3. The van der Waals surface area contributed by atoms with E-state index in [2.05, 4.69) is 95.8 Å². The molecule has 2 heterocycles. The summed E-state index contributed by atoms with van der Waals surface area (Å²) in [6.07, 6.45) is 5.21. The normalized spacial score (nSPS) is 13.0. The Morgan fingerprint density at radius 3 is 2.29 bits per heavy atom. The number of hydrogen-bond acceptors (Lipinski definition) is 2. The van der Waals surface area contributed by atoms with Gasteiger partial charge < -0.3 is 0 Å². The summed E-state index contributed by atoms with van der Waals surface area (Å²) in [5.74, 6) is 0.420. The molecule has 1 atom stereocenters. The first-order valence-corrected chi connectivity index (χ1v) is 11.0.